The third-order valence-electron chi connectivity index (χ3n) is 3.99. The largest absolute Gasteiger partial charge is 0.495 e. The first-order valence-corrected chi connectivity index (χ1v) is 9.07. The van der Waals surface area contributed by atoms with Crippen molar-refractivity contribution in [2.75, 3.05) is 12.4 Å². The number of carbonyl (C=O) groups excluding carboxylic acids is 2. The number of nitrogens with zero attached hydrogens (tertiary/aromatic N) is 2. The van der Waals surface area contributed by atoms with Crippen molar-refractivity contribution in [1.82, 2.24) is 5.32 Å². The molecule has 0 aromatic heterocycles. The van der Waals surface area contributed by atoms with Crippen LogP contribution in [-0.4, -0.2) is 35.1 Å². The van der Waals surface area contributed by atoms with Crippen LogP contribution in [0.3, 0.4) is 0 Å². The molecule has 1 atom stereocenters. The zero-order chi connectivity index (χ0) is 17.6. The number of thioether (sulfide) groups is 1. The Balaban J connectivity index is 1.57. The number of amides is 2. The van der Waals surface area contributed by atoms with Gasteiger partial charge in [0.1, 0.15) is 11.0 Å². The lowest BCUT2D eigenvalue weighted by Crippen LogP contribution is -2.28. The topological polar surface area (TPSA) is 92.2 Å². The molecule has 8 heteroatoms. The Morgan fingerprint density at radius 2 is 2.08 bits per heavy atom. The van der Waals surface area contributed by atoms with Gasteiger partial charge in [-0.3, -0.25) is 9.59 Å². The van der Waals surface area contributed by atoms with Crippen molar-refractivity contribution in [3.63, 3.8) is 0 Å². The quantitative estimate of drug-likeness (QED) is 0.789. The number of nitrogens with one attached hydrogen (secondary N) is 2. The van der Waals surface area contributed by atoms with Crippen LogP contribution in [0.1, 0.15) is 32.1 Å². The molecule has 2 aliphatic rings. The van der Waals surface area contributed by atoms with Crippen LogP contribution in [0.25, 0.3) is 0 Å². The molecule has 2 N–H and O–H groups in total. The van der Waals surface area contributed by atoms with E-state index in [4.69, 9.17) is 4.74 Å². The van der Waals surface area contributed by atoms with Crippen LogP contribution in [0, 0.1) is 0 Å². The molecule has 2 fully saturated rings. The number of methoxy groups -OCH3 is 1. The van der Waals surface area contributed by atoms with Gasteiger partial charge in [-0.15, -0.1) is 5.10 Å². The molecule has 2 amide bonds. The van der Waals surface area contributed by atoms with E-state index in [1.165, 1.54) is 11.8 Å². The molecule has 1 aromatic carbocycles. The second-order valence-electron chi connectivity index (χ2n) is 5.83. The Kier molecular flexibility index (Phi) is 5.70. The molecule has 1 heterocycles. The highest BCUT2D eigenvalue weighted by molar-refractivity contribution is 8.15. The van der Waals surface area contributed by atoms with E-state index >= 15 is 0 Å². The number of anilines is 1. The monoisotopic (exact) mass is 360 g/mol. The summed E-state index contributed by atoms with van der Waals surface area (Å²) in [6.07, 6.45) is 4.30. The lowest BCUT2D eigenvalue weighted by Gasteiger charge is -2.10. The first-order valence-electron chi connectivity index (χ1n) is 8.19. The zero-order valence-corrected chi connectivity index (χ0v) is 14.8. The number of hydrogen-bond donors (Lipinski definition) is 2. The van der Waals surface area contributed by atoms with Crippen molar-refractivity contribution in [3.8, 4) is 5.75 Å². The van der Waals surface area contributed by atoms with Crippen LogP contribution >= 0.6 is 11.8 Å². The number of rotatable bonds is 5. The molecule has 1 aliphatic carbocycles. The van der Waals surface area contributed by atoms with Gasteiger partial charge < -0.3 is 15.4 Å². The minimum absolute atomic E-state index is 0.0597. The third kappa shape index (κ3) is 4.60. The Bertz CT molecular complexity index is 724. The average Bonchev–Trinajstić information content (AvgIpc) is 3.23. The summed E-state index contributed by atoms with van der Waals surface area (Å²) in [6.45, 7) is 0. The summed E-state index contributed by atoms with van der Waals surface area (Å²) in [5.74, 6) is 0.111. The summed E-state index contributed by atoms with van der Waals surface area (Å²) < 4.78 is 5.20. The number of amidine groups is 1. The molecule has 132 valence electrons. The number of ether oxygens (including phenoxy) is 1. The Labute approximate surface area is 150 Å². The number of hydrogen-bond acceptors (Lipinski definition) is 6. The summed E-state index contributed by atoms with van der Waals surface area (Å²) in [4.78, 5) is 24.3. The van der Waals surface area contributed by atoms with Crippen LogP contribution in [0.4, 0.5) is 5.69 Å². The zero-order valence-electron chi connectivity index (χ0n) is 13.9. The van der Waals surface area contributed by atoms with E-state index in [2.05, 4.69) is 20.8 Å². The smallest absolute Gasteiger partial charge is 0.240 e. The molecule has 0 radical (unpaired) electrons. The fraction of sp³-hybridized carbons (Fsp3) is 0.412. The van der Waals surface area contributed by atoms with Gasteiger partial charge in [0, 0.05) is 12.1 Å². The highest BCUT2D eigenvalue weighted by Crippen LogP contribution is 2.26. The van der Waals surface area contributed by atoms with Crippen molar-refractivity contribution >= 4 is 40.1 Å². The predicted molar refractivity (Wildman–Crippen MR) is 99.1 cm³/mol. The molecular weight excluding hydrogens is 340 g/mol. The number of carbonyl (C=O) groups is 2. The van der Waals surface area contributed by atoms with E-state index in [-0.39, 0.29) is 18.2 Å². The van der Waals surface area contributed by atoms with Crippen molar-refractivity contribution in [3.05, 3.63) is 24.3 Å². The highest BCUT2D eigenvalue weighted by atomic mass is 32.2. The fourth-order valence-electron chi connectivity index (χ4n) is 2.70. The van der Waals surface area contributed by atoms with Gasteiger partial charge in [-0.2, -0.15) is 5.10 Å². The summed E-state index contributed by atoms with van der Waals surface area (Å²) >= 11 is 1.24. The highest BCUT2D eigenvalue weighted by Gasteiger charge is 2.32. The maximum absolute atomic E-state index is 12.2. The van der Waals surface area contributed by atoms with E-state index in [0.29, 0.717) is 16.6 Å². The first-order chi connectivity index (χ1) is 12.2. The molecular formula is C17H20N4O3S. The van der Waals surface area contributed by atoms with Gasteiger partial charge in [-0.1, -0.05) is 23.9 Å². The fourth-order valence-corrected chi connectivity index (χ4v) is 3.62. The van der Waals surface area contributed by atoms with Gasteiger partial charge in [-0.25, -0.2) is 0 Å². The summed E-state index contributed by atoms with van der Waals surface area (Å²) in [7, 11) is 1.54. The minimum atomic E-state index is -0.503. The standard InChI is InChI=1S/C17H20N4O3S/c1-24-13-9-5-4-8-12(13)18-15(22)10-14-16(23)19-17(25-14)21-20-11-6-2-3-7-11/h4-5,8-9,14H,2-3,6-7,10H2,1H3,(H,18,22)(H,19,21,23)/t14-/m1/s1. The minimum Gasteiger partial charge on any atom is -0.495 e. The number of benzene rings is 1. The second-order valence-corrected chi connectivity index (χ2v) is 7.02. The van der Waals surface area contributed by atoms with Crippen LogP contribution < -0.4 is 15.4 Å². The van der Waals surface area contributed by atoms with Crippen LogP contribution in [0.2, 0.25) is 0 Å². The Morgan fingerprint density at radius 3 is 2.84 bits per heavy atom. The molecule has 1 aliphatic heterocycles. The molecule has 1 saturated heterocycles. The molecule has 0 unspecified atom stereocenters. The normalized spacial score (nSPS) is 21.3. The first kappa shape index (κ1) is 17.5. The van der Waals surface area contributed by atoms with Crippen molar-refractivity contribution in [1.29, 1.82) is 0 Å². The van der Waals surface area contributed by atoms with Gasteiger partial charge in [0.2, 0.25) is 11.8 Å². The van der Waals surface area contributed by atoms with Gasteiger partial charge in [-0.05, 0) is 37.8 Å². The summed E-state index contributed by atoms with van der Waals surface area (Å²) in [5.41, 5.74) is 1.65. The van der Waals surface area contributed by atoms with Crippen LogP contribution in [-0.2, 0) is 9.59 Å². The predicted octanol–water partition coefficient (Wildman–Crippen LogP) is 2.54. The lowest BCUT2D eigenvalue weighted by molar-refractivity contribution is -0.122. The summed E-state index contributed by atoms with van der Waals surface area (Å²) in [6, 6.07) is 7.15. The third-order valence-corrected chi connectivity index (χ3v) is 5.06. The maximum Gasteiger partial charge on any atom is 0.240 e. The molecule has 3 rings (SSSR count). The van der Waals surface area contributed by atoms with E-state index < -0.39 is 5.25 Å². The molecule has 0 spiro atoms. The van der Waals surface area contributed by atoms with Gasteiger partial charge >= 0.3 is 0 Å². The SMILES string of the molecule is COc1ccccc1NC(=O)C[C@H]1S/C(=N/N=C2CCCC2)NC1=O. The molecule has 25 heavy (non-hydrogen) atoms. The van der Waals surface area contributed by atoms with Crippen LogP contribution in [0.5, 0.6) is 5.75 Å². The lowest BCUT2D eigenvalue weighted by atomic mass is 10.2. The molecule has 0 bridgehead atoms. The Hall–Kier alpha value is -2.35. The van der Waals surface area contributed by atoms with E-state index in [1.54, 1.807) is 19.2 Å². The van der Waals surface area contributed by atoms with Crippen molar-refractivity contribution < 1.29 is 14.3 Å². The van der Waals surface area contributed by atoms with Crippen molar-refractivity contribution in [2.24, 2.45) is 10.2 Å². The van der Waals surface area contributed by atoms with Crippen LogP contribution in [0.15, 0.2) is 34.5 Å². The average molecular weight is 360 g/mol. The van der Waals surface area contributed by atoms with E-state index in [1.807, 2.05) is 12.1 Å². The number of para-hydroxylation sites is 2. The summed E-state index contributed by atoms with van der Waals surface area (Å²) in [5, 5.41) is 13.7. The van der Waals surface area contributed by atoms with E-state index in [9.17, 15) is 9.59 Å². The van der Waals surface area contributed by atoms with Gasteiger partial charge in [0.05, 0.1) is 12.8 Å². The molecule has 7 nitrogen and oxygen atoms in total. The maximum atomic E-state index is 12.2. The van der Waals surface area contributed by atoms with Gasteiger partial charge in [0.25, 0.3) is 0 Å². The van der Waals surface area contributed by atoms with Crippen molar-refractivity contribution in [2.45, 2.75) is 37.4 Å². The second kappa shape index (κ2) is 8.15. The van der Waals surface area contributed by atoms with E-state index in [0.717, 1.165) is 31.4 Å². The molecule has 1 saturated carbocycles. The van der Waals surface area contributed by atoms with Gasteiger partial charge in [0.15, 0.2) is 5.17 Å². The Morgan fingerprint density at radius 1 is 1.32 bits per heavy atom. The molecule has 1 aromatic rings.